The fourth-order valence-electron chi connectivity index (χ4n) is 0.865. The third-order valence-electron chi connectivity index (χ3n) is 1.47. The highest BCUT2D eigenvalue weighted by atomic mass is 79.9. The molecule has 0 saturated carbocycles. The third kappa shape index (κ3) is 3.70. The van der Waals surface area contributed by atoms with Crippen molar-refractivity contribution in [1.29, 1.82) is 0 Å². The van der Waals surface area contributed by atoms with E-state index in [9.17, 15) is 4.79 Å². The quantitative estimate of drug-likeness (QED) is 0.813. The molecule has 5 heteroatoms. The summed E-state index contributed by atoms with van der Waals surface area (Å²) in [5.41, 5.74) is 1.04. The fourth-order valence-corrected chi connectivity index (χ4v) is 2.42. The molecule has 1 rings (SSSR count). The van der Waals surface area contributed by atoms with Gasteiger partial charge in [0, 0.05) is 22.2 Å². The Morgan fingerprint density at radius 3 is 2.92 bits per heavy atom. The van der Waals surface area contributed by atoms with Crippen LogP contribution in [0.1, 0.15) is 5.56 Å². The van der Waals surface area contributed by atoms with E-state index in [-0.39, 0.29) is 5.91 Å². The summed E-state index contributed by atoms with van der Waals surface area (Å²) in [4.78, 5) is 11.3. The van der Waals surface area contributed by atoms with E-state index in [0.717, 1.165) is 10.0 Å². The molecule has 1 amide bonds. The van der Waals surface area contributed by atoms with Gasteiger partial charge < -0.3 is 5.32 Å². The van der Waals surface area contributed by atoms with Crippen molar-refractivity contribution in [3.8, 4) is 0 Å². The van der Waals surface area contributed by atoms with E-state index >= 15 is 0 Å². The van der Waals surface area contributed by atoms with E-state index in [2.05, 4.69) is 33.9 Å². The van der Waals surface area contributed by atoms with Crippen LogP contribution in [0.25, 0.3) is 0 Å². The average molecular weight is 280 g/mol. The minimum Gasteiger partial charge on any atom is -0.355 e. The molecule has 72 valence electrons. The minimum absolute atomic E-state index is 0.0492. The zero-order valence-corrected chi connectivity index (χ0v) is 10.2. The van der Waals surface area contributed by atoms with Gasteiger partial charge in [0.1, 0.15) is 0 Å². The summed E-state index contributed by atoms with van der Waals surface area (Å²) >= 11 is 8.98. The number of amides is 1. The summed E-state index contributed by atoms with van der Waals surface area (Å²) in [6.07, 6.45) is 0.442. The molecule has 0 radical (unpaired) electrons. The Bertz CT molecular complexity index is 287. The number of thiophene rings is 1. The van der Waals surface area contributed by atoms with E-state index in [1.54, 1.807) is 11.3 Å². The topological polar surface area (TPSA) is 29.1 Å². The third-order valence-corrected chi connectivity index (χ3v) is 3.53. The number of nitrogens with one attached hydrogen (secondary N) is 1. The first kappa shape index (κ1) is 11.1. The number of halogens is 1. The molecule has 0 unspecified atom stereocenters. The van der Waals surface area contributed by atoms with Crippen LogP contribution in [0.4, 0.5) is 0 Å². The lowest BCUT2D eigenvalue weighted by molar-refractivity contribution is -0.120. The first-order valence-electron chi connectivity index (χ1n) is 3.82. The Morgan fingerprint density at radius 1 is 1.62 bits per heavy atom. The highest BCUT2D eigenvalue weighted by molar-refractivity contribution is 9.10. The van der Waals surface area contributed by atoms with Gasteiger partial charge in [0.25, 0.3) is 0 Å². The summed E-state index contributed by atoms with van der Waals surface area (Å²) in [6.45, 7) is 0.629. The maximum absolute atomic E-state index is 11.3. The predicted molar refractivity (Wildman–Crippen MR) is 62.6 cm³/mol. The summed E-state index contributed by atoms with van der Waals surface area (Å²) < 4.78 is 1.01. The zero-order valence-electron chi connectivity index (χ0n) is 6.92. The van der Waals surface area contributed by atoms with Gasteiger partial charge >= 0.3 is 0 Å². The molecule has 0 fully saturated rings. The average Bonchev–Trinajstić information content (AvgIpc) is 2.48. The van der Waals surface area contributed by atoms with Crippen molar-refractivity contribution >= 4 is 45.8 Å². The van der Waals surface area contributed by atoms with E-state index in [1.165, 1.54) is 0 Å². The largest absolute Gasteiger partial charge is 0.355 e. The molecule has 0 aromatic carbocycles. The molecular formula is C8H10BrNOS2. The van der Waals surface area contributed by atoms with Crippen LogP contribution in [0, 0.1) is 0 Å². The molecule has 1 N–H and O–H groups in total. The normalized spacial score (nSPS) is 10.0. The fraction of sp³-hybridized carbons (Fsp3) is 0.375. The van der Waals surface area contributed by atoms with Gasteiger partial charge in [0.15, 0.2) is 0 Å². The second kappa shape index (κ2) is 5.67. The van der Waals surface area contributed by atoms with Gasteiger partial charge in [0.2, 0.25) is 5.91 Å². The van der Waals surface area contributed by atoms with Crippen molar-refractivity contribution in [2.45, 2.75) is 6.42 Å². The molecule has 0 bridgehead atoms. The van der Waals surface area contributed by atoms with E-state index in [1.807, 2.05) is 10.8 Å². The standard InChI is InChI=1S/C8H10BrNOS2/c9-7-5-13-4-6(7)3-8(11)10-1-2-12/h4-5,12H,1-3H2,(H,10,11). The number of hydrogen-bond acceptors (Lipinski definition) is 3. The van der Waals surface area contributed by atoms with E-state index in [0.29, 0.717) is 18.7 Å². The zero-order chi connectivity index (χ0) is 9.68. The maximum Gasteiger partial charge on any atom is 0.224 e. The van der Waals surface area contributed by atoms with Crippen molar-refractivity contribution in [2.24, 2.45) is 0 Å². The maximum atomic E-state index is 11.3. The number of carbonyl (C=O) groups is 1. The molecule has 1 heterocycles. The molecular weight excluding hydrogens is 270 g/mol. The molecule has 2 nitrogen and oxygen atoms in total. The number of hydrogen-bond donors (Lipinski definition) is 2. The van der Waals surface area contributed by atoms with Gasteiger partial charge in [-0.25, -0.2) is 0 Å². The van der Waals surface area contributed by atoms with Gasteiger partial charge in [-0.3, -0.25) is 4.79 Å². The van der Waals surface area contributed by atoms with Crippen molar-refractivity contribution in [2.75, 3.05) is 12.3 Å². The highest BCUT2D eigenvalue weighted by Gasteiger charge is 2.06. The van der Waals surface area contributed by atoms with Crippen LogP contribution in [0.2, 0.25) is 0 Å². The Morgan fingerprint density at radius 2 is 2.38 bits per heavy atom. The molecule has 1 aromatic heterocycles. The molecule has 1 aromatic rings. The molecule has 0 aliphatic carbocycles. The van der Waals surface area contributed by atoms with Crippen LogP contribution in [-0.2, 0) is 11.2 Å². The number of carbonyl (C=O) groups excluding carboxylic acids is 1. The van der Waals surface area contributed by atoms with Crippen LogP contribution in [0.5, 0.6) is 0 Å². The van der Waals surface area contributed by atoms with Gasteiger partial charge in [-0.05, 0) is 26.9 Å². The van der Waals surface area contributed by atoms with Crippen molar-refractivity contribution in [3.05, 3.63) is 20.8 Å². The van der Waals surface area contributed by atoms with Crippen molar-refractivity contribution < 1.29 is 4.79 Å². The van der Waals surface area contributed by atoms with Crippen LogP contribution >= 0.6 is 39.9 Å². The van der Waals surface area contributed by atoms with Crippen molar-refractivity contribution in [3.63, 3.8) is 0 Å². The van der Waals surface area contributed by atoms with E-state index < -0.39 is 0 Å². The Labute approximate surface area is 95.3 Å². The van der Waals surface area contributed by atoms with Gasteiger partial charge in [-0.2, -0.15) is 24.0 Å². The Hall–Kier alpha value is -0.000000000000000167. The summed E-state index contributed by atoms with van der Waals surface area (Å²) in [5.74, 6) is 0.726. The smallest absolute Gasteiger partial charge is 0.224 e. The van der Waals surface area contributed by atoms with Gasteiger partial charge in [-0.15, -0.1) is 0 Å². The molecule has 0 aliphatic rings. The molecule has 0 atom stereocenters. The van der Waals surface area contributed by atoms with Crippen LogP contribution in [0.3, 0.4) is 0 Å². The molecule has 0 aliphatic heterocycles. The summed E-state index contributed by atoms with van der Waals surface area (Å²) in [5, 5.41) is 6.72. The first-order chi connectivity index (χ1) is 6.24. The Kier molecular flexibility index (Phi) is 4.83. The number of thiol groups is 1. The lowest BCUT2D eigenvalue weighted by Crippen LogP contribution is -2.26. The molecule has 0 spiro atoms. The first-order valence-corrected chi connectivity index (χ1v) is 6.19. The van der Waals surface area contributed by atoms with Crippen molar-refractivity contribution in [1.82, 2.24) is 5.32 Å². The molecule has 0 saturated heterocycles. The lowest BCUT2D eigenvalue weighted by Gasteiger charge is -2.01. The second-order valence-corrected chi connectivity index (χ2v) is 4.54. The monoisotopic (exact) mass is 279 g/mol. The van der Waals surface area contributed by atoms with Crippen LogP contribution in [0.15, 0.2) is 15.2 Å². The number of rotatable bonds is 4. The SMILES string of the molecule is O=C(Cc1cscc1Br)NCCS. The van der Waals surface area contributed by atoms with Crippen LogP contribution < -0.4 is 5.32 Å². The van der Waals surface area contributed by atoms with E-state index in [4.69, 9.17) is 0 Å². The second-order valence-electron chi connectivity index (χ2n) is 2.50. The summed E-state index contributed by atoms with van der Waals surface area (Å²) in [7, 11) is 0. The predicted octanol–water partition coefficient (Wildman–Crippen LogP) is 2.10. The van der Waals surface area contributed by atoms with Crippen LogP contribution in [-0.4, -0.2) is 18.2 Å². The molecule has 13 heavy (non-hydrogen) atoms. The van der Waals surface area contributed by atoms with Gasteiger partial charge in [0.05, 0.1) is 6.42 Å². The highest BCUT2D eigenvalue weighted by Crippen LogP contribution is 2.21. The Balaban J connectivity index is 2.41. The minimum atomic E-state index is 0.0492. The van der Waals surface area contributed by atoms with Gasteiger partial charge in [-0.1, -0.05) is 0 Å². The summed E-state index contributed by atoms with van der Waals surface area (Å²) in [6, 6.07) is 0. The lowest BCUT2D eigenvalue weighted by atomic mass is 10.2.